The highest BCUT2D eigenvalue weighted by Gasteiger charge is 2.06. The first-order valence-electron chi connectivity index (χ1n) is 5.98. The average Bonchev–Trinajstić information content (AvgIpc) is 2.27. The molecule has 0 aromatic heterocycles. The molecule has 0 bridgehead atoms. The first kappa shape index (κ1) is 12.8. The molecule has 0 heterocycles. The van der Waals surface area contributed by atoms with E-state index in [1.807, 2.05) is 31.2 Å². The van der Waals surface area contributed by atoms with Gasteiger partial charge in [0.05, 0.1) is 0 Å². The molecule has 1 aromatic carbocycles. The van der Waals surface area contributed by atoms with E-state index in [-0.39, 0.29) is 5.91 Å². The highest BCUT2D eigenvalue weighted by Crippen LogP contribution is 2.05. The standard InChI is InChI=1S/C14H21NO/c1-4-5-12(3)10-15-14(16)13-8-6-11(2)7-9-13/h6-9,12H,4-5,10H2,1-3H3,(H,15,16). The van der Waals surface area contributed by atoms with E-state index in [0.29, 0.717) is 5.92 Å². The molecule has 0 aliphatic heterocycles. The first-order valence-corrected chi connectivity index (χ1v) is 5.98. The second-order valence-corrected chi connectivity index (χ2v) is 4.47. The minimum Gasteiger partial charge on any atom is -0.352 e. The van der Waals surface area contributed by atoms with E-state index in [0.717, 1.165) is 18.5 Å². The molecule has 1 rings (SSSR count). The molecule has 1 N–H and O–H groups in total. The van der Waals surface area contributed by atoms with Gasteiger partial charge >= 0.3 is 0 Å². The largest absolute Gasteiger partial charge is 0.352 e. The van der Waals surface area contributed by atoms with Crippen LogP contribution in [0.5, 0.6) is 0 Å². The van der Waals surface area contributed by atoms with Crippen molar-refractivity contribution >= 4 is 5.91 Å². The third kappa shape index (κ3) is 4.05. The molecule has 1 atom stereocenters. The molecule has 2 nitrogen and oxygen atoms in total. The second-order valence-electron chi connectivity index (χ2n) is 4.47. The lowest BCUT2D eigenvalue weighted by Crippen LogP contribution is -2.28. The van der Waals surface area contributed by atoms with E-state index in [2.05, 4.69) is 19.2 Å². The molecular formula is C14H21NO. The van der Waals surface area contributed by atoms with E-state index in [1.165, 1.54) is 12.0 Å². The first-order chi connectivity index (χ1) is 7.63. The molecule has 1 amide bonds. The summed E-state index contributed by atoms with van der Waals surface area (Å²) in [6.07, 6.45) is 2.33. The van der Waals surface area contributed by atoms with Crippen LogP contribution in [0.25, 0.3) is 0 Å². The van der Waals surface area contributed by atoms with Gasteiger partial charge in [0.15, 0.2) is 0 Å². The van der Waals surface area contributed by atoms with Crippen LogP contribution in [-0.4, -0.2) is 12.5 Å². The maximum Gasteiger partial charge on any atom is 0.251 e. The maximum atomic E-state index is 11.8. The maximum absolute atomic E-state index is 11.8. The number of carbonyl (C=O) groups excluding carboxylic acids is 1. The summed E-state index contributed by atoms with van der Waals surface area (Å²) < 4.78 is 0. The fourth-order valence-corrected chi connectivity index (χ4v) is 1.67. The quantitative estimate of drug-likeness (QED) is 0.809. The topological polar surface area (TPSA) is 29.1 Å². The molecule has 0 radical (unpaired) electrons. The Bertz CT molecular complexity index is 329. The van der Waals surface area contributed by atoms with E-state index in [4.69, 9.17) is 0 Å². The number of hydrogen-bond acceptors (Lipinski definition) is 1. The summed E-state index contributed by atoms with van der Waals surface area (Å²) >= 11 is 0. The number of hydrogen-bond donors (Lipinski definition) is 1. The van der Waals surface area contributed by atoms with Gasteiger partial charge in [-0.1, -0.05) is 38.0 Å². The van der Waals surface area contributed by atoms with Crippen molar-refractivity contribution in [3.63, 3.8) is 0 Å². The van der Waals surface area contributed by atoms with Crippen molar-refractivity contribution in [1.29, 1.82) is 0 Å². The van der Waals surface area contributed by atoms with Gasteiger partial charge in [0, 0.05) is 12.1 Å². The van der Waals surface area contributed by atoms with Crippen molar-refractivity contribution in [2.75, 3.05) is 6.54 Å². The lowest BCUT2D eigenvalue weighted by Gasteiger charge is -2.11. The molecule has 0 saturated heterocycles. The lowest BCUT2D eigenvalue weighted by atomic mass is 10.1. The van der Waals surface area contributed by atoms with Crippen molar-refractivity contribution in [1.82, 2.24) is 5.32 Å². The highest BCUT2D eigenvalue weighted by atomic mass is 16.1. The number of aryl methyl sites for hydroxylation is 1. The summed E-state index contributed by atoms with van der Waals surface area (Å²) in [5, 5.41) is 2.96. The van der Waals surface area contributed by atoms with Crippen LogP contribution >= 0.6 is 0 Å². The van der Waals surface area contributed by atoms with Gasteiger partial charge < -0.3 is 5.32 Å². The highest BCUT2D eigenvalue weighted by molar-refractivity contribution is 5.94. The predicted octanol–water partition coefficient (Wildman–Crippen LogP) is 3.16. The molecule has 0 aliphatic rings. The van der Waals surface area contributed by atoms with E-state index < -0.39 is 0 Å². The summed E-state index contributed by atoms with van der Waals surface area (Å²) in [5.74, 6) is 0.586. The van der Waals surface area contributed by atoms with Crippen molar-refractivity contribution in [3.05, 3.63) is 35.4 Å². The van der Waals surface area contributed by atoms with Crippen LogP contribution in [0.15, 0.2) is 24.3 Å². The molecule has 0 aliphatic carbocycles. The Hall–Kier alpha value is -1.31. The number of rotatable bonds is 5. The van der Waals surface area contributed by atoms with Gasteiger partial charge in [0.25, 0.3) is 5.91 Å². The third-order valence-electron chi connectivity index (χ3n) is 2.71. The van der Waals surface area contributed by atoms with Crippen LogP contribution in [0.3, 0.4) is 0 Å². The van der Waals surface area contributed by atoms with Crippen molar-refractivity contribution in [2.45, 2.75) is 33.6 Å². The number of amides is 1. The molecule has 88 valence electrons. The van der Waals surface area contributed by atoms with Gasteiger partial charge in [-0.05, 0) is 31.4 Å². The van der Waals surface area contributed by atoms with Crippen molar-refractivity contribution in [2.24, 2.45) is 5.92 Å². The van der Waals surface area contributed by atoms with Crippen LogP contribution in [-0.2, 0) is 0 Å². The monoisotopic (exact) mass is 219 g/mol. The van der Waals surface area contributed by atoms with Gasteiger partial charge in [-0.2, -0.15) is 0 Å². The van der Waals surface area contributed by atoms with Crippen LogP contribution in [0.2, 0.25) is 0 Å². The van der Waals surface area contributed by atoms with Crippen LogP contribution in [0.4, 0.5) is 0 Å². The van der Waals surface area contributed by atoms with Crippen molar-refractivity contribution in [3.8, 4) is 0 Å². The molecule has 1 unspecified atom stereocenters. The van der Waals surface area contributed by atoms with Crippen LogP contribution in [0, 0.1) is 12.8 Å². The number of nitrogens with one attached hydrogen (secondary N) is 1. The summed E-state index contributed by atoms with van der Waals surface area (Å²) in [6, 6.07) is 7.67. The summed E-state index contributed by atoms with van der Waals surface area (Å²) in [6.45, 7) is 7.11. The molecule has 0 saturated carbocycles. The molecule has 0 fully saturated rings. The molecule has 16 heavy (non-hydrogen) atoms. The Morgan fingerprint density at radius 1 is 1.31 bits per heavy atom. The zero-order valence-electron chi connectivity index (χ0n) is 10.4. The number of carbonyl (C=O) groups is 1. The van der Waals surface area contributed by atoms with Gasteiger partial charge in [0.2, 0.25) is 0 Å². The fraction of sp³-hybridized carbons (Fsp3) is 0.500. The average molecular weight is 219 g/mol. The second kappa shape index (κ2) is 6.31. The third-order valence-corrected chi connectivity index (χ3v) is 2.71. The van der Waals surface area contributed by atoms with Crippen LogP contribution in [0.1, 0.15) is 42.6 Å². The number of benzene rings is 1. The molecule has 1 aromatic rings. The normalized spacial score (nSPS) is 12.2. The summed E-state index contributed by atoms with van der Waals surface area (Å²) in [5.41, 5.74) is 1.92. The Morgan fingerprint density at radius 3 is 2.50 bits per heavy atom. The zero-order valence-corrected chi connectivity index (χ0v) is 10.4. The lowest BCUT2D eigenvalue weighted by molar-refractivity contribution is 0.0947. The Balaban J connectivity index is 2.43. The molecular weight excluding hydrogens is 198 g/mol. The zero-order chi connectivity index (χ0) is 12.0. The molecule has 2 heteroatoms. The van der Waals surface area contributed by atoms with Gasteiger partial charge in [-0.25, -0.2) is 0 Å². The van der Waals surface area contributed by atoms with Crippen molar-refractivity contribution < 1.29 is 4.79 Å². The SMILES string of the molecule is CCCC(C)CNC(=O)c1ccc(C)cc1. The smallest absolute Gasteiger partial charge is 0.251 e. The summed E-state index contributed by atoms with van der Waals surface area (Å²) in [4.78, 5) is 11.8. The Morgan fingerprint density at radius 2 is 1.94 bits per heavy atom. The predicted molar refractivity (Wildman–Crippen MR) is 67.6 cm³/mol. The van der Waals surface area contributed by atoms with E-state index in [1.54, 1.807) is 0 Å². The minimum absolute atomic E-state index is 0.0305. The summed E-state index contributed by atoms with van der Waals surface area (Å²) in [7, 11) is 0. The van der Waals surface area contributed by atoms with E-state index in [9.17, 15) is 4.79 Å². The van der Waals surface area contributed by atoms with E-state index >= 15 is 0 Å². The van der Waals surface area contributed by atoms with Gasteiger partial charge in [-0.3, -0.25) is 4.79 Å². The fourth-order valence-electron chi connectivity index (χ4n) is 1.67. The van der Waals surface area contributed by atoms with Gasteiger partial charge in [0.1, 0.15) is 0 Å². The Labute approximate surface area is 98.1 Å². The van der Waals surface area contributed by atoms with Gasteiger partial charge in [-0.15, -0.1) is 0 Å². The molecule has 0 spiro atoms. The Kier molecular flexibility index (Phi) is 5.03. The minimum atomic E-state index is 0.0305. The van der Waals surface area contributed by atoms with Crippen LogP contribution < -0.4 is 5.32 Å².